The quantitative estimate of drug-likeness (QED) is 0.709. The third-order valence-corrected chi connectivity index (χ3v) is 2.57. The average Bonchev–Trinajstić information content (AvgIpc) is 2.28. The first kappa shape index (κ1) is 12.7. The summed E-state index contributed by atoms with van der Waals surface area (Å²) < 4.78 is 65.1. The molecule has 90 valence electrons. The van der Waals surface area contributed by atoms with Crippen molar-refractivity contribution in [1.29, 1.82) is 0 Å². The van der Waals surface area contributed by atoms with Gasteiger partial charge in [0.15, 0.2) is 0 Å². The molecule has 0 aromatic heterocycles. The Morgan fingerprint density at radius 3 is 2.20 bits per heavy atom. The van der Waals surface area contributed by atoms with E-state index in [0.29, 0.717) is 0 Å². The minimum absolute atomic E-state index is 0.0490. The van der Waals surface area contributed by atoms with Gasteiger partial charge in [-0.05, 0) is 12.8 Å². The fourth-order valence-electron chi connectivity index (χ4n) is 1.53. The van der Waals surface area contributed by atoms with Crippen molar-refractivity contribution in [3.05, 3.63) is 0 Å². The monoisotopic (exact) mass is 248 g/mol. The summed E-state index contributed by atoms with van der Waals surface area (Å²) in [4.78, 5) is 0. The van der Waals surface area contributed by atoms with Gasteiger partial charge in [0.1, 0.15) is 0 Å². The Morgan fingerprint density at radius 2 is 1.73 bits per heavy atom. The normalized spacial score (nSPS) is 28.3. The molecule has 1 rings (SSSR count). The largest absolute Gasteiger partial charge is 0.522 e. The number of rotatable bonds is 3. The molecule has 4 nitrogen and oxygen atoms in total. The van der Waals surface area contributed by atoms with Crippen molar-refractivity contribution in [2.75, 3.05) is 6.26 Å². The lowest BCUT2D eigenvalue weighted by Crippen LogP contribution is -2.23. The maximum atomic E-state index is 11.8. The van der Waals surface area contributed by atoms with Gasteiger partial charge in [0.25, 0.3) is 10.1 Å². The first-order valence-electron chi connectivity index (χ1n) is 4.28. The van der Waals surface area contributed by atoms with Crippen molar-refractivity contribution < 1.29 is 30.5 Å². The zero-order valence-corrected chi connectivity index (χ0v) is 8.77. The van der Waals surface area contributed by atoms with Gasteiger partial charge in [-0.15, -0.1) is 13.2 Å². The number of hydrogen-bond acceptors (Lipinski definition) is 4. The molecule has 0 aliphatic heterocycles. The summed E-state index contributed by atoms with van der Waals surface area (Å²) in [7, 11) is -3.61. The van der Waals surface area contributed by atoms with Crippen LogP contribution in [0, 0.1) is 0 Å². The van der Waals surface area contributed by atoms with Gasteiger partial charge in [0.2, 0.25) is 0 Å². The van der Waals surface area contributed by atoms with Crippen LogP contribution in [0.15, 0.2) is 0 Å². The van der Waals surface area contributed by atoms with Crippen LogP contribution >= 0.6 is 0 Å². The lowest BCUT2D eigenvalue weighted by molar-refractivity contribution is -0.341. The van der Waals surface area contributed by atoms with Gasteiger partial charge in [0, 0.05) is 6.42 Å². The van der Waals surface area contributed by atoms with Gasteiger partial charge in [-0.3, -0.25) is 8.92 Å². The Balaban J connectivity index is 2.40. The number of hydrogen-bond donors (Lipinski definition) is 0. The Bertz CT molecular complexity index is 311. The molecule has 0 saturated heterocycles. The first-order valence-corrected chi connectivity index (χ1v) is 6.10. The van der Waals surface area contributed by atoms with E-state index in [1.54, 1.807) is 0 Å². The van der Waals surface area contributed by atoms with Crippen LogP contribution in [-0.2, 0) is 19.0 Å². The third-order valence-electron chi connectivity index (χ3n) is 1.95. The molecule has 15 heavy (non-hydrogen) atoms. The summed E-state index contributed by atoms with van der Waals surface area (Å²) in [5.41, 5.74) is 0. The van der Waals surface area contributed by atoms with E-state index in [1.807, 2.05) is 0 Å². The van der Waals surface area contributed by atoms with E-state index in [9.17, 15) is 21.6 Å². The average molecular weight is 248 g/mol. The molecule has 8 heteroatoms. The highest BCUT2D eigenvalue weighted by molar-refractivity contribution is 7.86. The lowest BCUT2D eigenvalue weighted by Gasteiger charge is -2.14. The van der Waals surface area contributed by atoms with E-state index in [-0.39, 0.29) is 19.3 Å². The molecule has 0 radical (unpaired) electrons. The number of alkyl halides is 3. The standard InChI is InChI=1S/C7H11F3O4S/c1-15(11,12)14-6-3-2-5(4-6)13-7(8,9)10/h5-6H,2-4H2,1H3/t5-,6+/m1/s1. The molecule has 0 aromatic rings. The Labute approximate surface area is 85.5 Å². The van der Waals surface area contributed by atoms with Crippen LogP contribution < -0.4 is 0 Å². The highest BCUT2D eigenvalue weighted by Crippen LogP contribution is 2.30. The minimum Gasteiger partial charge on any atom is -0.288 e. The van der Waals surface area contributed by atoms with E-state index >= 15 is 0 Å². The second-order valence-electron chi connectivity index (χ2n) is 3.42. The second-order valence-corrected chi connectivity index (χ2v) is 5.02. The van der Waals surface area contributed by atoms with Gasteiger partial charge in [0.05, 0.1) is 18.5 Å². The van der Waals surface area contributed by atoms with E-state index in [2.05, 4.69) is 8.92 Å². The van der Waals surface area contributed by atoms with Crippen molar-refractivity contribution in [2.45, 2.75) is 37.8 Å². The summed E-state index contributed by atoms with van der Waals surface area (Å²) in [6, 6.07) is 0. The molecule has 1 aliphatic carbocycles. The molecule has 1 saturated carbocycles. The van der Waals surface area contributed by atoms with Gasteiger partial charge < -0.3 is 0 Å². The molecule has 1 fully saturated rings. The van der Waals surface area contributed by atoms with Gasteiger partial charge in [-0.25, -0.2) is 0 Å². The molecule has 0 N–H and O–H groups in total. The van der Waals surface area contributed by atoms with E-state index in [0.717, 1.165) is 6.26 Å². The third kappa shape index (κ3) is 5.33. The molecule has 0 amide bonds. The van der Waals surface area contributed by atoms with Crippen molar-refractivity contribution in [3.8, 4) is 0 Å². The number of halogens is 3. The minimum atomic E-state index is -4.68. The van der Waals surface area contributed by atoms with E-state index in [4.69, 9.17) is 0 Å². The molecule has 0 spiro atoms. The smallest absolute Gasteiger partial charge is 0.288 e. The van der Waals surface area contributed by atoms with Crippen LogP contribution in [0.1, 0.15) is 19.3 Å². The van der Waals surface area contributed by atoms with Crippen LogP contribution in [0.4, 0.5) is 13.2 Å². The van der Waals surface area contributed by atoms with Crippen LogP contribution in [0.25, 0.3) is 0 Å². The molecule has 0 heterocycles. The maximum Gasteiger partial charge on any atom is 0.522 e. The fourth-order valence-corrected chi connectivity index (χ4v) is 2.20. The summed E-state index contributed by atoms with van der Waals surface area (Å²) in [6.07, 6.45) is -5.15. The van der Waals surface area contributed by atoms with Gasteiger partial charge in [-0.1, -0.05) is 0 Å². The molecular formula is C7H11F3O4S. The van der Waals surface area contributed by atoms with Crippen LogP contribution in [-0.4, -0.2) is 33.2 Å². The summed E-state index contributed by atoms with van der Waals surface area (Å²) in [5, 5.41) is 0. The molecule has 1 aliphatic rings. The van der Waals surface area contributed by atoms with Crippen molar-refractivity contribution in [3.63, 3.8) is 0 Å². The van der Waals surface area contributed by atoms with Gasteiger partial charge >= 0.3 is 6.36 Å². The summed E-state index contributed by atoms with van der Waals surface area (Å²) in [6.45, 7) is 0. The number of ether oxygens (including phenoxy) is 1. The molecular weight excluding hydrogens is 237 g/mol. The second kappa shape index (κ2) is 4.26. The Hall–Kier alpha value is -0.340. The SMILES string of the molecule is CS(=O)(=O)O[C@H]1CC[C@@H](OC(F)(F)F)C1. The molecule has 2 atom stereocenters. The zero-order valence-electron chi connectivity index (χ0n) is 7.95. The van der Waals surface area contributed by atoms with Crippen LogP contribution in [0.2, 0.25) is 0 Å². The topological polar surface area (TPSA) is 52.6 Å². The van der Waals surface area contributed by atoms with Crippen molar-refractivity contribution >= 4 is 10.1 Å². The molecule has 0 aromatic carbocycles. The van der Waals surface area contributed by atoms with Crippen molar-refractivity contribution in [2.24, 2.45) is 0 Å². The maximum absolute atomic E-state index is 11.8. The predicted octanol–water partition coefficient (Wildman–Crippen LogP) is 1.42. The highest BCUT2D eigenvalue weighted by Gasteiger charge is 2.38. The first-order chi connectivity index (χ1) is 6.66. The fraction of sp³-hybridized carbons (Fsp3) is 1.00. The van der Waals surface area contributed by atoms with Crippen molar-refractivity contribution in [1.82, 2.24) is 0 Å². The molecule has 0 unspecified atom stereocenters. The van der Waals surface area contributed by atoms with Crippen LogP contribution in [0.5, 0.6) is 0 Å². The van der Waals surface area contributed by atoms with Gasteiger partial charge in [-0.2, -0.15) is 8.42 Å². The predicted molar refractivity (Wildman–Crippen MR) is 44.5 cm³/mol. The Kier molecular flexibility index (Phi) is 3.62. The van der Waals surface area contributed by atoms with E-state index in [1.165, 1.54) is 0 Å². The lowest BCUT2D eigenvalue weighted by atomic mass is 10.3. The zero-order chi connectivity index (χ0) is 11.7. The van der Waals surface area contributed by atoms with E-state index < -0.39 is 28.7 Å². The molecule has 0 bridgehead atoms. The Morgan fingerprint density at radius 1 is 1.20 bits per heavy atom. The summed E-state index contributed by atoms with van der Waals surface area (Å²) in [5.74, 6) is 0. The highest BCUT2D eigenvalue weighted by atomic mass is 32.2. The van der Waals surface area contributed by atoms with Crippen LogP contribution in [0.3, 0.4) is 0 Å². The summed E-state index contributed by atoms with van der Waals surface area (Å²) >= 11 is 0.